The van der Waals surface area contributed by atoms with Crippen molar-refractivity contribution in [2.75, 3.05) is 14.2 Å². The molecule has 2 aromatic rings. The fraction of sp³-hybridized carbons (Fsp3) is 0.500. The highest BCUT2D eigenvalue weighted by Gasteiger charge is 2.30. The number of para-hydroxylation sites is 1. The molecule has 1 heterocycles. The largest absolute Gasteiger partial charge is 0.417 e. The SMILES string of the molecule is C=CCCC(CC(C)C)C(=O)N(C)C(Cc1cn(OC)c2ccccc12)C(C)=O. The highest BCUT2D eigenvalue weighted by Crippen LogP contribution is 2.25. The molecule has 2 unspecified atom stereocenters. The van der Waals surface area contributed by atoms with Gasteiger partial charge in [-0.3, -0.25) is 9.59 Å². The van der Waals surface area contributed by atoms with E-state index in [-0.39, 0.29) is 17.6 Å². The number of likely N-dealkylation sites (N-methyl/N-ethyl adjacent to an activating group) is 1. The molecule has 5 nitrogen and oxygen atoms in total. The quantitative estimate of drug-likeness (QED) is 0.531. The van der Waals surface area contributed by atoms with E-state index in [1.54, 1.807) is 30.7 Å². The molecular formula is C24H34N2O3. The fourth-order valence-electron chi connectivity index (χ4n) is 3.97. The van der Waals surface area contributed by atoms with Crippen LogP contribution in [0.5, 0.6) is 0 Å². The first-order valence-corrected chi connectivity index (χ1v) is 10.3. The number of rotatable bonds is 11. The molecule has 1 amide bonds. The summed E-state index contributed by atoms with van der Waals surface area (Å²) in [6.45, 7) is 9.58. The third-order valence-corrected chi connectivity index (χ3v) is 5.48. The van der Waals surface area contributed by atoms with Gasteiger partial charge in [-0.05, 0) is 43.7 Å². The first kappa shape index (κ1) is 22.7. The van der Waals surface area contributed by atoms with Gasteiger partial charge in [-0.15, -0.1) is 6.58 Å². The Morgan fingerprint density at radius 2 is 1.97 bits per heavy atom. The van der Waals surface area contributed by atoms with Gasteiger partial charge in [0.05, 0.1) is 11.6 Å². The Labute approximate surface area is 174 Å². The minimum absolute atomic E-state index is 0.0119. The van der Waals surface area contributed by atoms with Gasteiger partial charge >= 0.3 is 0 Å². The van der Waals surface area contributed by atoms with Crippen LogP contribution in [-0.2, 0) is 16.0 Å². The standard InChI is InChI=1S/C24H34N2O3/c1-7-8-11-19(14-17(2)3)24(28)25(5)23(18(4)27)15-20-16-26(29-6)22-13-10-9-12-21(20)22/h7,9-10,12-13,16-17,19,23H,1,8,11,14-15H2,2-6H3. The predicted molar refractivity (Wildman–Crippen MR) is 118 cm³/mol. The maximum atomic E-state index is 13.3. The molecule has 0 aliphatic carbocycles. The van der Waals surface area contributed by atoms with Crippen molar-refractivity contribution >= 4 is 22.6 Å². The summed E-state index contributed by atoms with van der Waals surface area (Å²) >= 11 is 0. The van der Waals surface area contributed by atoms with Crippen molar-refractivity contribution in [1.29, 1.82) is 0 Å². The van der Waals surface area contributed by atoms with Crippen molar-refractivity contribution in [2.24, 2.45) is 11.8 Å². The summed E-state index contributed by atoms with van der Waals surface area (Å²) in [5, 5.41) is 1.03. The van der Waals surface area contributed by atoms with Crippen molar-refractivity contribution in [3.8, 4) is 0 Å². The van der Waals surface area contributed by atoms with Gasteiger partial charge in [0.1, 0.15) is 7.11 Å². The lowest BCUT2D eigenvalue weighted by Gasteiger charge is -2.30. The van der Waals surface area contributed by atoms with Crippen molar-refractivity contribution in [3.63, 3.8) is 0 Å². The summed E-state index contributed by atoms with van der Waals surface area (Å²) < 4.78 is 1.70. The van der Waals surface area contributed by atoms with Gasteiger partial charge < -0.3 is 9.74 Å². The molecule has 0 saturated carbocycles. The molecule has 1 aromatic heterocycles. The average molecular weight is 399 g/mol. The molecule has 0 N–H and O–H groups in total. The van der Waals surface area contributed by atoms with Crippen molar-refractivity contribution in [2.45, 2.75) is 52.5 Å². The number of carbonyl (C=O) groups is 2. The molecule has 0 fully saturated rings. The van der Waals surface area contributed by atoms with Crippen LogP contribution < -0.4 is 4.84 Å². The number of carbonyl (C=O) groups excluding carboxylic acids is 2. The van der Waals surface area contributed by atoms with Crippen molar-refractivity contribution in [3.05, 3.63) is 48.7 Å². The van der Waals surface area contributed by atoms with Crippen LogP contribution in [0.1, 0.15) is 45.6 Å². The van der Waals surface area contributed by atoms with E-state index >= 15 is 0 Å². The minimum Gasteiger partial charge on any atom is -0.417 e. The number of fused-ring (bicyclic) bond motifs is 1. The number of allylic oxidation sites excluding steroid dienone is 1. The summed E-state index contributed by atoms with van der Waals surface area (Å²) in [4.78, 5) is 32.8. The van der Waals surface area contributed by atoms with Crippen LogP contribution in [0.2, 0.25) is 0 Å². The summed E-state index contributed by atoms with van der Waals surface area (Å²) in [6.07, 6.45) is 6.58. The zero-order chi connectivity index (χ0) is 21.6. The Morgan fingerprint density at radius 3 is 2.55 bits per heavy atom. The zero-order valence-corrected chi connectivity index (χ0v) is 18.4. The second-order valence-electron chi connectivity index (χ2n) is 8.15. The molecule has 0 aliphatic heterocycles. The van der Waals surface area contributed by atoms with E-state index in [0.29, 0.717) is 12.3 Å². The highest BCUT2D eigenvalue weighted by molar-refractivity contribution is 5.90. The number of nitrogens with zero attached hydrogens (tertiary/aromatic N) is 2. The third-order valence-electron chi connectivity index (χ3n) is 5.48. The Balaban J connectivity index is 2.29. The van der Waals surface area contributed by atoms with Gasteiger partial charge in [0.15, 0.2) is 5.78 Å². The first-order valence-electron chi connectivity index (χ1n) is 10.3. The number of aromatic nitrogens is 1. The molecule has 5 heteroatoms. The Kier molecular flexibility index (Phi) is 8.06. The molecule has 1 aromatic carbocycles. The maximum Gasteiger partial charge on any atom is 0.226 e. The van der Waals surface area contributed by atoms with Gasteiger partial charge in [0.2, 0.25) is 5.91 Å². The van der Waals surface area contributed by atoms with Gasteiger partial charge in [-0.25, -0.2) is 0 Å². The fourth-order valence-corrected chi connectivity index (χ4v) is 3.97. The molecule has 0 spiro atoms. The van der Waals surface area contributed by atoms with E-state index in [0.717, 1.165) is 35.7 Å². The first-order chi connectivity index (χ1) is 13.8. The number of hydrogen-bond donors (Lipinski definition) is 0. The van der Waals surface area contributed by atoms with Crippen LogP contribution in [0.25, 0.3) is 10.9 Å². The lowest BCUT2D eigenvalue weighted by atomic mass is 9.90. The van der Waals surface area contributed by atoms with Gasteiger partial charge in [-0.2, -0.15) is 4.73 Å². The minimum atomic E-state index is -0.503. The van der Waals surface area contributed by atoms with Crippen LogP contribution >= 0.6 is 0 Å². The van der Waals surface area contributed by atoms with Crippen molar-refractivity contribution < 1.29 is 14.4 Å². The zero-order valence-electron chi connectivity index (χ0n) is 18.4. The van der Waals surface area contributed by atoms with Gasteiger partial charge in [0, 0.05) is 31.0 Å². The molecule has 29 heavy (non-hydrogen) atoms. The van der Waals surface area contributed by atoms with E-state index < -0.39 is 6.04 Å². The molecule has 0 radical (unpaired) electrons. The topological polar surface area (TPSA) is 51.5 Å². The Hall–Kier alpha value is -2.56. The van der Waals surface area contributed by atoms with E-state index in [1.807, 2.05) is 36.5 Å². The normalized spacial score (nSPS) is 13.3. The highest BCUT2D eigenvalue weighted by atomic mass is 16.6. The number of Topliss-reactive ketones (excluding diaryl/α,β-unsaturated/α-hetero) is 1. The second kappa shape index (κ2) is 10.3. The molecule has 2 rings (SSSR count). The van der Waals surface area contributed by atoms with E-state index in [9.17, 15) is 9.59 Å². The van der Waals surface area contributed by atoms with E-state index in [2.05, 4.69) is 20.4 Å². The second-order valence-corrected chi connectivity index (χ2v) is 8.15. The number of hydrogen-bond acceptors (Lipinski definition) is 3. The molecule has 0 aliphatic rings. The monoisotopic (exact) mass is 398 g/mol. The molecule has 2 atom stereocenters. The smallest absolute Gasteiger partial charge is 0.226 e. The predicted octanol–water partition coefficient (Wildman–Crippen LogP) is 4.29. The third kappa shape index (κ3) is 5.49. The lowest BCUT2D eigenvalue weighted by Crippen LogP contribution is -2.45. The van der Waals surface area contributed by atoms with Crippen molar-refractivity contribution in [1.82, 2.24) is 9.63 Å². The lowest BCUT2D eigenvalue weighted by molar-refractivity contribution is -0.141. The van der Waals surface area contributed by atoms with Crippen LogP contribution in [0.15, 0.2) is 43.1 Å². The molecular weight excluding hydrogens is 364 g/mol. The molecule has 0 bridgehead atoms. The maximum absolute atomic E-state index is 13.3. The van der Waals surface area contributed by atoms with Crippen LogP contribution in [0, 0.1) is 11.8 Å². The number of benzene rings is 1. The number of ketones is 1. The molecule has 0 saturated heterocycles. The van der Waals surface area contributed by atoms with Gasteiger partial charge in [-0.1, -0.05) is 38.1 Å². The van der Waals surface area contributed by atoms with Crippen LogP contribution in [0.3, 0.4) is 0 Å². The molecule has 158 valence electrons. The van der Waals surface area contributed by atoms with Crippen LogP contribution in [0.4, 0.5) is 0 Å². The number of amides is 1. The van der Waals surface area contributed by atoms with E-state index in [4.69, 9.17) is 4.84 Å². The summed E-state index contributed by atoms with van der Waals surface area (Å²) in [7, 11) is 3.37. The van der Waals surface area contributed by atoms with Crippen LogP contribution in [-0.4, -0.2) is 41.5 Å². The Bertz CT molecular complexity index is 853. The van der Waals surface area contributed by atoms with E-state index in [1.165, 1.54) is 0 Å². The average Bonchev–Trinajstić information content (AvgIpc) is 3.05. The summed E-state index contributed by atoms with van der Waals surface area (Å²) in [5.41, 5.74) is 1.94. The van der Waals surface area contributed by atoms with Gasteiger partial charge in [0.25, 0.3) is 0 Å². The summed E-state index contributed by atoms with van der Waals surface area (Å²) in [6, 6.07) is 7.42. The Morgan fingerprint density at radius 1 is 1.28 bits per heavy atom. The summed E-state index contributed by atoms with van der Waals surface area (Å²) in [5.74, 6) is 0.344.